The van der Waals surface area contributed by atoms with Crippen molar-refractivity contribution in [3.05, 3.63) is 158 Å². The minimum atomic E-state index is -1.03. The van der Waals surface area contributed by atoms with Gasteiger partial charge in [0.05, 0.1) is 83.0 Å². The predicted molar refractivity (Wildman–Crippen MR) is 344 cm³/mol. The first-order valence-electron chi connectivity index (χ1n) is 30.7. The third kappa shape index (κ3) is 15.3. The zero-order valence-corrected chi connectivity index (χ0v) is 54.2. The fourth-order valence-corrected chi connectivity index (χ4v) is 12.1. The molecule has 4 aromatic carbocycles. The molecule has 3 aliphatic heterocycles. The molecule has 3 atom stereocenters. The van der Waals surface area contributed by atoms with Gasteiger partial charge in [-0.25, -0.2) is 14.2 Å². The van der Waals surface area contributed by atoms with Crippen molar-refractivity contribution in [2.45, 2.75) is 110 Å². The van der Waals surface area contributed by atoms with Crippen LogP contribution in [0.2, 0.25) is 10.0 Å². The first-order valence-corrected chi connectivity index (χ1v) is 31.4. The Hall–Kier alpha value is -6.97. The van der Waals surface area contributed by atoms with Crippen molar-refractivity contribution in [3.8, 4) is 22.6 Å². The summed E-state index contributed by atoms with van der Waals surface area (Å²) in [5.74, 6) is 0.949. The van der Waals surface area contributed by atoms with Gasteiger partial charge in [-0.3, -0.25) is 29.1 Å². The second kappa shape index (κ2) is 29.3. The fourth-order valence-electron chi connectivity index (χ4n) is 11.9. The number of nitrogens with two attached hydrogens (primary N) is 1. The van der Waals surface area contributed by atoms with Gasteiger partial charge < -0.3 is 44.0 Å². The van der Waals surface area contributed by atoms with Gasteiger partial charge in [0.25, 0.3) is 5.91 Å². The highest BCUT2D eigenvalue weighted by atomic mass is 35.5. The van der Waals surface area contributed by atoms with Crippen LogP contribution in [0, 0.1) is 12.7 Å². The van der Waals surface area contributed by atoms with Crippen molar-refractivity contribution < 1.29 is 47.2 Å². The standard InChI is InChI=1S/C68H84Cl2FN9O9/c1-10-88-59-41-50(66(4,5)6)17-23-56(59)63-74-67(7,48-13-18-51(69)19-14-48)68(8,49-15-20-52(70)21-16-49)80(63)65(83)78-29-27-77(28-30-78)31-33-85-35-37-87-39-38-86-36-34-84-32-25-54(81)12-11-26-79-58-44-76(9)64(82)55-24-22-53(71)42-57(55)46(3)89-60-40-47(43-73-62(60)72)61(58)45(2)75-79/h13-24,40-43,46H,10-12,25-39,44H2,1-9H3,(H2,72,73)/t46-,67-,68+/m1/s1. The number of ketones is 1. The average Bonchev–Trinajstić information content (AvgIpc) is 1.56. The van der Waals surface area contributed by atoms with E-state index in [2.05, 4.69) is 56.6 Å². The maximum atomic E-state index is 15.5. The summed E-state index contributed by atoms with van der Waals surface area (Å²) in [7, 11) is 1.69. The Kier molecular flexibility index (Phi) is 21.9. The number of piperazine rings is 1. The number of nitrogens with zero attached hydrogens (tertiary/aromatic N) is 8. The second-order valence-electron chi connectivity index (χ2n) is 24.2. The number of fused-ring (bicyclic) bond motifs is 5. The molecule has 89 heavy (non-hydrogen) atoms. The zero-order chi connectivity index (χ0) is 63.6. The molecule has 0 unspecified atom stereocenters. The predicted octanol–water partition coefficient (Wildman–Crippen LogP) is 11.8. The molecule has 0 aliphatic carbocycles. The van der Waals surface area contributed by atoms with Crippen LogP contribution in [0.5, 0.6) is 11.5 Å². The van der Waals surface area contributed by atoms with Gasteiger partial charge in [-0.2, -0.15) is 5.10 Å². The number of amides is 3. The van der Waals surface area contributed by atoms with E-state index in [1.165, 1.54) is 18.2 Å². The number of halogens is 3. The maximum absolute atomic E-state index is 15.5. The van der Waals surface area contributed by atoms with Crippen molar-refractivity contribution >= 4 is 52.6 Å². The van der Waals surface area contributed by atoms with Crippen LogP contribution in [0.1, 0.15) is 123 Å². The normalized spacial score (nSPS) is 18.9. The molecule has 9 rings (SSSR count). The van der Waals surface area contributed by atoms with E-state index in [-0.39, 0.29) is 48.5 Å². The molecule has 5 heterocycles. The molecule has 0 spiro atoms. The van der Waals surface area contributed by atoms with Crippen molar-refractivity contribution in [1.29, 1.82) is 0 Å². The van der Waals surface area contributed by atoms with Crippen LogP contribution in [0.4, 0.5) is 15.0 Å². The third-order valence-electron chi connectivity index (χ3n) is 17.1. The molecule has 18 nitrogen and oxygen atoms in total. The van der Waals surface area contributed by atoms with E-state index >= 15 is 4.79 Å². The summed E-state index contributed by atoms with van der Waals surface area (Å²) in [4.78, 5) is 60.0. The van der Waals surface area contributed by atoms with E-state index in [0.717, 1.165) is 39.2 Å². The topological polar surface area (TPSA) is 189 Å². The first-order chi connectivity index (χ1) is 42.6. The molecule has 3 aliphatic rings. The largest absolute Gasteiger partial charge is 0.493 e. The molecule has 21 heteroatoms. The highest BCUT2D eigenvalue weighted by molar-refractivity contribution is 6.30. The van der Waals surface area contributed by atoms with Crippen LogP contribution in [-0.2, 0) is 53.3 Å². The molecule has 2 N–H and O–H groups in total. The average molecular weight is 1260 g/mol. The van der Waals surface area contributed by atoms with Crippen molar-refractivity contribution in [1.82, 2.24) is 34.4 Å². The van der Waals surface area contributed by atoms with Gasteiger partial charge in [0, 0.05) is 97.7 Å². The lowest BCUT2D eigenvalue weighted by Gasteiger charge is -2.47. The number of pyridine rings is 1. The lowest BCUT2D eigenvalue weighted by molar-refractivity contribution is -0.120. The Morgan fingerprint density at radius 1 is 0.787 bits per heavy atom. The minimum Gasteiger partial charge on any atom is -0.493 e. The summed E-state index contributed by atoms with van der Waals surface area (Å²) in [5.41, 5.74) is 11.4. The lowest BCUT2D eigenvalue weighted by Crippen LogP contribution is -2.60. The molecule has 3 amide bonds. The van der Waals surface area contributed by atoms with Crippen LogP contribution >= 0.6 is 23.2 Å². The third-order valence-corrected chi connectivity index (χ3v) is 17.6. The molecular formula is C68H84Cl2FN9O9. The van der Waals surface area contributed by atoms with Gasteiger partial charge in [-0.15, -0.1) is 0 Å². The fraction of sp³-hybridized carbons (Fsp3) is 0.471. The molecule has 1 saturated heterocycles. The Morgan fingerprint density at radius 3 is 2.04 bits per heavy atom. The zero-order valence-electron chi connectivity index (χ0n) is 52.7. The number of aliphatic imine (C=N–C) groups is 1. The van der Waals surface area contributed by atoms with Gasteiger partial charge in [0.15, 0.2) is 11.6 Å². The van der Waals surface area contributed by atoms with Crippen LogP contribution in [0.3, 0.4) is 0 Å². The number of Topliss-reactive ketones (excluding diaryl/α,β-unsaturated/α-hetero) is 1. The summed E-state index contributed by atoms with van der Waals surface area (Å²) in [6.45, 7) is 23.6. The van der Waals surface area contributed by atoms with E-state index in [4.69, 9.17) is 67.4 Å². The Morgan fingerprint density at radius 2 is 1.40 bits per heavy atom. The summed E-state index contributed by atoms with van der Waals surface area (Å²) < 4.78 is 52.0. The van der Waals surface area contributed by atoms with Crippen LogP contribution in [0.25, 0.3) is 11.1 Å². The molecule has 6 aromatic rings. The van der Waals surface area contributed by atoms with Crippen molar-refractivity contribution in [2.24, 2.45) is 4.99 Å². The smallest absolute Gasteiger partial charge is 0.326 e. The van der Waals surface area contributed by atoms with Gasteiger partial charge in [-0.1, -0.05) is 74.3 Å². The van der Waals surface area contributed by atoms with Crippen LogP contribution < -0.4 is 15.2 Å². The number of amidine groups is 1. The van der Waals surface area contributed by atoms with Gasteiger partial charge in [0.2, 0.25) is 0 Å². The summed E-state index contributed by atoms with van der Waals surface area (Å²) in [6, 6.07) is 27.3. The summed E-state index contributed by atoms with van der Waals surface area (Å²) in [5, 5.41) is 6.04. The van der Waals surface area contributed by atoms with Crippen molar-refractivity contribution in [2.75, 3.05) is 105 Å². The van der Waals surface area contributed by atoms with Gasteiger partial charge in [-0.05, 0) is 124 Å². The number of ether oxygens (including phenoxy) is 6. The van der Waals surface area contributed by atoms with Gasteiger partial charge in [0.1, 0.15) is 40.4 Å². The van der Waals surface area contributed by atoms with E-state index in [1.54, 1.807) is 31.1 Å². The van der Waals surface area contributed by atoms with Crippen LogP contribution in [0.15, 0.2) is 102 Å². The van der Waals surface area contributed by atoms with E-state index < -0.39 is 23.0 Å². The Labute approximate surface area is 532 Å². The molecule has 0 saturated carbocycles. The van der Waals surface area contributed by atoms with E-state index in [1.807, 2.05) is 82.9 Å². The summed E-state index contributed by atoms with van der Waals surface area (Å²) in [6.07, 6.45) is 2.07. The SMILES string of the molecule is CCOc1cc(C(C)(C)C)ccc1C1=N[C@](C)(c2ccc(Cl)cc2)[C@](C)(c2ccc(Cl)cc2)N1C(=O)N1CCN(CCOCCOCCOCCOCCC(=O)CCCn2nc(C)c3c2CN(C)C(=O)c2ccc(F)cc2[C@@H](C)Oc2cc-3cnc2N)CC1. The monoisotopic (exact) mass is 1260 g/mol. The Balaban J connectivity index is 0.683. The molecular weight excluding hydrogens is 1180 g/mol. The van der Waals surface area contributed by atoms with Crippen molar-refractivity contribution in [3.63, 3.8) is 0 Å². The number of hydrogen-bond donors (Lipinski definition) is 1. The number of aryl methyl sites for hydroxylation is 2. The molecule has 1 fully saturated rings. The van der Waals surface area contributed by atoms with E-state index in [9.17, 15) is 14.0 Å². The number of aromatic nitrogens is 3. The molecule has 2 bridgehead atoms. The summed E-state index contributed by atoms with van der Waals surface area (Å²) >= 11 is 13.0. The number of carbonyl (C=O) groups excluding carboxylic acids is 3. The highest BCUT2D eigenvalue weighted by Gasteiger charge is 2.60. The van der Waals surface area contributed by atoms with Gasteiger partial charge >= 0.3 is 6.03 Å². The first kappa shape index (κ1) is 66.4. The number of rotatable bonds is 24. The number of hydrogen-bond acceptors (Lipinski definition) is 14. The highest BCUT2D eigenvalue weighted by Crippen LogP contribution is 2.54. The molecule has 476 valence electrons. The van der Waals surface area contributed by atoms with Crippen LogP contribution in [-0.4, -0.2) is 157 Å². The number of benzene rings is 4. The minimum absolute atomic E-state index is 0.0647. The number of anilines is 1. The maximum Gasteiger partial charge on any atom is 0.326 e. The molecule has 2 aromatic heterocycles. The van der Waals surface area contributed by atoms with E-state index in [0.29, 0.717) is 149 Å². The number of nitrogen functional groups attached to an aromatic ring is 1. The quantitative estimate of drug-likeness (QED) is 0.0564. The molecule has 0 radical (unpaired) electrons. The second-order valence-corrected chi connectivity index (χ2v) is 25.0. The lowest BCUT2D eigenvalue weighted by atomic mass is 9.71. The Bertz CT molecular complexity index is 3480. The number of urea groups is 1. The number of carbonyl (C=O) groups is 3.